The number of halogens is 3. The molecule has 0 aliphatic rings. The Bertz CT molecular complexity index is 757. The number of anilines is 3. The number of benzene rings is 1. The van der Waals surface area contributed by atoms with Crippen molar-refractivity contribution in [1.82, 2.24) is 9.97 Å². The van der Waals surface area contributed by atoms with E-state index in [4.69, 9.17) is 0 Å². The number of hydrogen-bond donors (Lipinski definition) is 2. The van der Waals surface area contributed by atoms with Gasteiger partial charge in [-0.2, -0.15) is 18.2 Å². The molecule has 0 radical (unpaired) electrons. The molecule has 2 aromatic rings. The third-order valence-corrected chi connectivity index (χ3v) is 4.17. The van der Waals surface area contributed by atoms with Crippen LogP contribution in [0.3, 0.4) is 0 Å². The Labute approximate surface area is 152 Å². The summed E-state index contributed by atoms with van der Waals surface area (Å²) in [4.78, 5) is 7.79. The first-order valence-electron chi connectivity index (χ1n) is 8.70. The van der Waals surface area contributed by atoms with Crippen molar-refractivity contribution in [2.45, 2.75) is 59.2 Å². The second-order valence-corrected chi connectivity index (χ2v) is 6.76. The van der Waals surface area contributed by atoms with Crippen LogP contribution in [0.5, 0.6) is 0 Å². The number of rotatable bonds is 6. The lowest BCUT2D eigenvalue weighted by Gasteiger charge is -2.16. The molecule has 7 heteroatoms. The third kappa shape index (κ3) is 5.09. The van der Waals surface area contributed by atoms with Gasteiger partial charge in [-0.15, -0.1) is 0 Å². The molecule has 1 heterocycles. The van der Waals surface area contributed by atoms with Gasteiger partial charge >= 0.3 is 6.18 Å². The summed E-state index contributed by atoms with van der Waals surface area (Å²) in [6, 6.07) is 6.63. The number of aryl methyl sites for hydroxylation is 1. The summed E-state index contributed by atoms with van der Waals surface area (Å²) < 4.78 is 39.5. The molecule has 0 aliphatic heterocycles. The van der Waals surface area contributed by atoms with Gasteiger partial charge in [0.2, 0.25) is 5.95 Å². The van der Waals surface area contributed by atoms with Crippen LogP contribution < -0.4 is 10.6 Å². The van der Waals surface area contributed by atoms with Crippen molar-refractivity contribution in [2.24, 2.45) is 0 Å². The van der Waals surface area contributed by atoms with Gasteiger partial charge in [0.1, 0.15) is 5.82 Å². The average molecular weight is 366 g/mol. The lowest BCUT2D eigenvalue weighted by atomic mass is 9.98. The van der Waals surface area contributed by atoms with E-state index in [-0.39, 0.29) is 17.8 Å². The monoisotopic (exact) mass is 366 g/mol. The standard InChI is InChI=1S/C19H25F3N4/c1-6-13(5)23-18-25-16(19(20,21)22)10-17(26-18)24-14-7-8-15(11(2)3)12(4)9-14/h7-11,13H,6H2,1-5H3,(H2,23,24,25,26)/t13-/m0/s1. The summed E-state index contributed by atoms with van der Waals surface area (Å²) in [7, 11) is 0. The second-order valence-electron chi connectivity index (χ2n) is 6.76. The fourth-order valence-electron chi connectivity index (χ4n) is 2.59. The molecular formula is C19H25F3N4. The molecule has 1 aromatic heterocycles. The average Bonchev–Trinajstić information content (AvgIpc) is 2.53. The molecule has 1 atom stereocenters. The van der Waals surface area contributed by atoms with E-state index in [2.05, 4.69) is 34.4 Å². The molecule has 0 aliphatic carbocycles. The van der Waals surface area contributed by atoms with Crippen molar-refractivity contribution >= 4 is 17.5 Å². The molecule has 0 unspecified atom stereocenters. The molecule has 0 amide bonds. The Hall–Kier alpha value is -2.31. The molecule has 4 nitrogen and oxygen atoms in total. The Kier molecular flexibility index (Phi) is 6.10. The van der Waals surface area contributed by atoms with Crippen LogP contribution in [0.4, 0.5) is 30.6 Å². The molecule has 1 aromatic carbocycles. The smallest absolute Gasteiger partial charge is 0.352 e. The van der Waals surface area contributed by atoms with Crippen LogP contribution in [0.25, 0.3) is 0 Å². The molecule has 2 rings (SSSR count). The molecule has 0 bridgehead atoms. The summed E-state index contributed by atoms with van der Waals surface area (Å²) in [6.45, 7) is 9.98. The first-order valence-corrected chi connectivity index (χ1v) is 8.70. The van der Waals surface area contributed by atoms with Crippen molar-refractivity contribution in [3.63, 3.8) is 0 Å². The first kappa shape index (κ1) is 20.0. The van der Waals surface area contributed by atoms with E-state index in [1.807, 2.05) is 39.0 Å². The highest BCUT2D eigenvalue weighted by Crippen LogP contribution is 2.31. The molecule has 0 spiro atoms. The number of aromatic nitrogens is 2. The van der Waals surface area contributed by atoms with Crippen LogP contribution in [-0.4, -0.2) is 16.0 Å². The number of nitrogens with one attached hydrogen (secondary N) is 2. The van der Waals surface area contributed by atoms with E-state index in [1.54, 1.807) is 0 Å². The van der Waals surface area contributed by atoms with E-state index in [0.29, 0.717) is 11.6 Å². The van der Waals surface area contributed by atoms with Gasteiger partial charge < -0.3 is 10.6 Å². The van der Waals surface area contributed by atoms with Crippen molar-refractivity contribution in [1.29, 1.82) is 0 Å². The normalized spacial score (nSPS) is 13.0. The van der Waals surface area contributed by atoms with Gasteiger partial charge in [0, 0.05) is 17.8 Å². The molecule has 0 saturated heterocycles. The zero-order valence-electron chi connectivity index (χ0n) is 15.7. The second kappa shape index (κ2) is 7.93. The van der Waals surface area contributed by atoms with Gasteiger partial charge in [-0.25, -0.2) is 4.98 Å². The molecule has 142 valence electrons. The van der Waals surface area contributed by atoms with Crippen LogP contribution in [0.2, 0.25) is 0 Å². The van der Waals surface area contributed by atoms with Crippen LogP contribution >= 0.6 is 0 Å². The van der Waals surface area contributed by atoms with E-state index in [9.17, 15) is 13.2 Å². The maximum atomic E-state index is 13.2. The Balaban J connectivity index is 2.35. The largest absolute Gasteiger partial charge is 0.433 e. The van der Waals surface area contributed by atoms with Gasteiger partial charge in [-0.05, 0) is 49.4 Å². The predicted molar refractivity (Wildman–Crippen MR) is 99.0 cm³/mol. The number of alkyl halides is 3. The van der Waals surface area contributed by atoms with Crippen LogP contribution in [0, 0.1) is 6.92 Å². The van der Waals surface area contributed by atoms with Crippen LogP contribution in [-0.2, 0) is 6.18 Å². The summed E-state index contributed by atoms with van der Waals surface area (Å²) in [5, 5.41) is 5.87. The SMILES string of the molecule is CC[C@H](C)Nc1nc(Nc2ccc(C(C)C)c(C)c2)cc(C(F)(F)F)n1. The molecule has 26 heavy (non-hydrogen) atoms. The number of hydrogen-bond acceptors (Lipinski definition) is 4. The molecule has 2 N–H and O–H groups in total. The molecular weight excluding hydrogens is 341 g/mol. The van der Waals surface area contributed by atoms with Gasteiger partial charge in [-0.1, -0.05) is 26.8 Å². The number of nitrogens with zero attached hydrogens (tertiary/aromatic N) is 2. The topological polar surface area (TPSA) is 49.8 Å². The highest BCUT2D eigenvalue weighted by atomic mass is 19.4. The van der Waals surface area contributed by atoms with E-state index < -0.39 is 11.9 Å². The van der Waals surface area contributed by atoms with Crippen molar-refractivity contribution in [2.75, 3.05) is 10.6 Å². The van der Waals surface area contributed by atoms with Crippen LogP contribution in [0.1, 0.15) is 56.9 Å². The Morgan fingerprint density at radius 1 is 1.08 bits per heavy atom. The Morgan fingerprint density at radius 2 is 1.77 bits per heavy atom. The fraction of sp³-hybridized carbons (Fsp3) is 0.474. The minimum absolute atomic E-state index is 0.0288. The maximum absolute atomic E-state index is 13.2. The quantitative estimate of drug-likeness (QED) is 0.670. The van der Waals surface area contributed by atoms with Gasteiger partial charge in [0.25, 0.3) is 0 Å². The van der Waals surface area contributed by atoms with Gasteiger partial charge in [0.15, 0.2) is 5.69 Å². The fourth-order valence-corrected chi connectivity index (χ4v) is 2.59. The zero-order chi connectivity index (χ0) is 19.5. The minimum Gasteiger partial charge on any atom is -0.352 e. The lowest BCUT2D eigenvalue weighted by Crippen LogP contribution is -2.18. The van der Waals surface area contributed by atoms with E-state index in [0.717, 1.165) is 18.1 Å². The summed E-state index contributed by atoms with van der Waals surface area (Å²) in [5.74, 6) is 0.452. The van der Waals surface area contributed by atoms with E-state index >= 15 is 0 Å². The first-order chi connectivity index (χ1) is 12.1. The maximum Gasteiger partial charge on any atom is 0.433 e. The summed E-state index contributed by atoms with van der Waals surface area (Å²) in [5.41, 5.74) is 1.99. The van der Waals surface area contributed by atoms with Crippen molar-refractivity contribution < 1.29 is 13.2 Å². The van der Waals surface area contributed by atoms with Crippen molar-refractivity contribution in [3.8, 4) is 0 Å². The molecule has 0 fully saturated rings. The van der Waals surface area contributed by atoms with Gasteiger partial charge in [0.05, 0.1) is 0 Å². The third-order valence-electron chi connectivity index (χ3n) is 4.17. The zero-order valence-corrected chi connectivity index (χ0v) is 15.7. The van der Waals surface area contributed by atoms with Gasteiger partial charge in [-0.3, -0.25) is 0 Å². The predicted octanol–water partition coefficient (Wildman–Crippen LogP) is 5.88. The van der Waals surface area contributed by atoms with Crippen molar-refractivity contribution in [3.05, 3.63) is 41.1 Å². The van der Waals surface area contributed by atoms with E-state index in [1.165, 1.54) is 5.56 Å². The minimum atomic E-state index is -4.54. The molecule has 0 saturated carbocycles. The lowest BCUT2D eigenvalue weighted by molar-refractivity contribution is -0.141. The highest BCUT2D eigenvalue weighted by Gasteiger charge is 2.34. The van der Waals surface area contributed by atoms with Crippen LogP contribution in [0.15, 0.2) is 24.3 Å². The summed E-state index contributed by atoms with van der Waals surface area (Å²) in [6.07, 6.45) is -3.79. The highest BCUT2D eigenvalue weighted by molar-refractivity contribution is 5.59. The Morgan fingerprint density at radius 3 is 2.31 bits per heavy atom. The summed E-state index contributed by atoms with van der Waals surface area (Å²) >= 11 is 0.